The van der Waals surface area contributed by atoms with E-state index in [1.165, 1.54) is 0 Å². The average molecular weight is 183 g/mol. The first-order chi connectivity index (χ1) is 6.07. The molecular weight excluding hydrogens is 162 g/mol. The highest BCUT2D eigenvalue weighted by Crippen LogP contribution is 2.11. The topological polar surface area (TPSA) is 43.1 Å². The Balaban J connectivity index is 3.55. The van der Waals surface area contributed by atoms with E-state index in [2.05, 4.69) is 6.58 Å². The maximum Gasteiger partial charge on any atom is 0.139 e. The van der Waals surface area contributed by atoms with Gasteiger partial charge < -0.3 is 5.73 Å². The van der Waals surface area contributed by atoms with Crippen molar-refractivity contribution in [2.45, 2.75) is 45.6 Å². The first-order valence-corrected chi connectivity index (χ1v) is 4.97. The van der Waals surface area contributed by atoms with Crippen molar-refractivity contribution in [2.24, 2.45) is 11.7 Å². The molecule has 76 valence electrons. The van der Waals surface area contributed by atoms with Crippen molar-refractivity contribution in [3.8, 4) is 0 Å². The lowest BCUT2D eigenvalue weighted by Crippen LogP contribution is -2.16. The van der Waals surface area contributed by atoms with E-state index in [4.69, 9.17) is 5.73 Å². The van der Waals surface area contributed by atoms with Crippen molar-refractivity contribution in [3.63, 3.8) is 0 Å². The van der Waals surface area contributed by atoms with Gasteiger partial charge in [-0.2, -0.15) is 0 Å². The molecule has 0 fully saturated rings. The molecule has 0 amide bonds. The summed E-state index contributed by atoms with van der Waals surface area (Å²) in [7, 11) is 0. The lowest BCUT2D eigenvalue weighted by Gasteiger charge is -2.09. The fraction of sp³-hybridized carbons (Fsp3) is 0.727. The average Bonchev–Trinajstić information content (AvgIpc) is 2.04. The smallest absolute Gasteiger partial charge is 0.139 e. The zero-order valence-corrected chi connectivity index (χ0v) is 8.75. The summed E-state index contributed by atoms with van der Waals surface area (Å²) in [5, 5.41) is 0. The van der Waals surface area contributed by atoms with Gasteiger partial charge in [-0.3, -0.25) is 4.79 Å². The van der Waals surface area contributed by atoms with Crippen LogP contribution in [0.4, 0.5) is 0 Å². The molecule has 0 aromatic rings. The molecule has 2 atom stereocenters. The molecule has 0 aliphatic carbocycles. The summed E-state index contributed by atoms with van der Waals surface area (Å²) < 4.78 is 0. The molecule has 0 radical (unpaired) electrons. The van der Waals surface area contributed by atoms with Gasteiger partial charge in [0.25, 0.3) is 0 Å². The number of allylic oxidation sites excluding steroid dienone is 1. The van der Waals surface area contributed by atoms with E-state index < -0.39 is 0 Å². The Morgan fingerprint density at radius 2 is 2.08 bits per heavy atom. The highest BCUT2D eigenvalue weighted by molar-refractivity contribution is 5.81. The minimum Gasteiger partial charge on any atom is -0.328 e. The van der Waals surface area contributed by atoms with Crippen LogP contribution in [0.5, 0.6) is 0 Å². The molecule has 0 saturated heterocycles. The van der Waals surface area contributed by atoms with Crippen LogP contribution in [-0.4, -0.2) is 11.8 Å². The summed E-state index contributed by atoms with van der Waals surface area (Å²) >= 11 is 0. The summed E-state index contributed by atoms with van der Waals surface area (Å²) in [6, 6.07) is 0.252. The van der Waals surface area contributed by atoms with E-state index >= 15 is 0 Å². The highest BCUT2D eigenvalue weighted by atomic mass is 16.1. The van der Waals surface area contributed by atoms with Gasteiger partial charge in [-0.25, -0.2) is 0 Å². The monoisotopic (exact) mass is 183 g/mol. The quantitative estimate of drug-likeness (QED) is 0.615. The second-order valence-electron chi connectivity index (χ2n) is 3.77. The van der Waals surface area contributed by atoms with Gasteiger partial charge in [0.05, 0.1) is 0 Å². The van der Waals surface area contributed by atoms with Crippen molar-refractivity contribution in [1.82, 2.24) is 0 Å². The fourth-order valence-electron chi connectivity index (χ4n) is 1.25. The predicted molar refractivity (Wildman–Crippen MR) is 56.5 cm³/mol. The number of hydrogen-bond donors (Lipinski definition) is 1. The fourth-order valence-corrected chi connectivity index (χ4v) is 1.25. The van der Waals surface area contributed by atoms with Crippen molar-refractivity contribution in [3.05, 3.63) is 12.7 Å². The molecule has 0 saturated carbocycles. The Morgan fingerprint density at radius 3 is 2.54 bits per heavy atom. The summed E-state index contributed by atoms with van der Waals surface area (Å²) in [5.74, 6) is 0.455. The Bertz CT molecular complexity index is 163. The van der Waals surface area contributed by atoms with Crippen molar-refractivity contribution >= 4 is 5.78 Å². The van der Waals surface area contributed by atoms with Crippen LogP contribution in [0.25, 0.3) is 0 Å². The maximum absolute atomic E-state index is 11.3. The molecule has 13 heavy (non-hydrogen) atoms. The van der Waals surface area contributed by atoms with E-state index in [0.717, 1.165) is 19.3 Å². The molecule has 0 heterocycles. The third-order valence-electron chi connectivity index (χ3n) is 2.19. The summed E-state index contributed by atoms with van der Waals surface area (Å²) in [6.07, 6.45) is 5.17. The van der Waals surface area contributed by atoms with Gasteiger partial charge in [-0.1, -0.05) is 19.4 Å². The van der Waals surface area contributed by atoms with Crippen LogP contribution in [0.2, 0.25) is 0 Å². The molecular formula is C11H21NO. The third-order valence-corrected chi connectivity index (χ3v) is 2.19. The van der Waals surface area contributed by atoms with Crippen LogP contribution in [0.3, 0.4) is 0 Å². The van der Waals surface area contributed by atoms with Crippen LogP contribution < -0.4 is 5.73 Å². The summed E-state index contributed by atoms with van der Waals surface area (Å²) in [4.78, 5) is 11.3. The maximum atomic E-state index is 11.3. The summed E-state index contributed by atoms with van der Waals surface area (Å²) in [6.45, 7) is 7.53. The minimum absolute atomic E-state index is 0.164. The van der Waals surface area contributed by atoms with Crippen LogP contribution in [-0.2, 0) is 4.79 Å². The van der Waals surface area contributed by atoms with Crippen LogP contribution in [0.1, 0.15) is 39.5 Å². The lowest BCUT2D eigenvalue weighted by molar-refractivity contribution is -0.121. The standard InChI is InChI=1S/C11H21NO/c1-4-6-11(13)9(2)7-5-8-10(3)12/h4,9-10H,1,5-8,12H2,2-3H3. The molecule has 2 nitrogen and oxygen atoms in total. The number of Topliss-reactive ketones (excluding diaryl/α,β-unsaturated/α-hetero) is 1. The van der Waals surface area contributed by atoms with Gasteiger partial charge in [0.2, 0.25) is 0 Å². The number of rotatable bonds is 7. The van der Waals surface area contributed by atoms with Crippen molar-refractivity contribution in [2.75, 3.05) is 0 Å². The van der Waals surface area contributed by atoms with Crippen molar-refractivity contribution in [1.29, 1.82) is 0 Å². The summed E-state index contributed by atoms with van der Waals surface area (Å²) in [5.41, 5.74) is 5.61. The first-order valence-electron chi connectivity index (χ1n) is 4.97. The zero-order chi connectivity index (χ0) is 10.3. The van der Waals surface area contributed by atoms with E-state index in [-0.39, 0.29) is 12.0 Å². The second-order valence-corrected chi connectivity index (χ2v) is 3.77. The largest absolute Gasteiger partial charge is 0.328 e. The number of ketones is 1. The van der Waals surface area contributed by atoms with E-state index in [9.17, 15) is 4.79 Å². The van der Waals surface area contributed by atoms with Crippen LogP contribution >= 0.6 is 0 Å². The molecule has 2 unspecified atom stereocenters. The normalized spacial score (nSPS) is 15.0. The molecule has 0 aromatic heterocycles. The molecule has 0 spiro atoms. The highest BCUT2D eigenvalue weighted by Gasteiger charge is 2.10. The van der Waals surface area contributed by atoms with Gasteiger partial charge in [-0.15, -0.1) is 6.58 Å². The Labute approximate surface area is 81.2 Å². The van der Waals surface area contributed by atoms with Gasteiger partial charge in [0.1, 0.15) is 5.78 Å². The predicted octanol–water partition coefficient (Wildman–Crippen LogP) is 2.29. The molecule has 0 aliphatic heterocycles. The van der Waals surface area contributed by atoms with Gasteiger partial charge in [-0.05, 0) is 19.8 Å². The van der Waals surface area contributed by atoms with Gasteiger partial charge >= 0.3 is 0 Å². The van der Waals surface area contributed by atoms with Crippen LogP contribution in [0.15, 0.2) is 12.7 Å². The zero-order valence-electron chi connectivity index (χ0n) is 8.75. The third kappa shape index (κ3) is 6.52. The van der Waals surface area contributed by atoms with Gasteiger partial charge in [0, 0.05) is 18.4 Å². The number of carbonyl (C=O) groups is 1. The lowest BCUT2D eigenvalue weighted by atomic mass is 9.96. The molecule has 2 heteroatoms. The van der Waals surface area contributed by atoms with E-state index in [1.54, 1.807) is 6.08 Å². The molecule has 0 aliphatic rings. The Morgan fingerprint density at radius 1 is 1.46 bits per heavy atom. The molecule has 2 N–H and O–H groups in total. The van der Waals surface area contributed by atoms with E-state index in [1.807, 2.05) is 13.8 Å². The SMILES string of the molecule is C=CCC(=O)C(C)CCCC(C)N. The number of carbonyl (C=O) groups excluding carboxylic acids is 1. The number of hydrogen-bond acceptors (Lipinski definition) is 2. The van der Waals surface area contributed by atoms with Gasteiger partial charge in [0.15, 0.2) is 0 Å². The molecule has 0 bridgehead atoms. The minimum atomic E-state index is 0.164. The first kappa shape index (κ1) is 12.4. The second kappa shape index (κ2) is 6.84. The number of nitrogens with two attached hydrogens (primary N) is 1. The van der Waals surface area contributed by atoms with Crippen molar-refractivity contribution < 1.29 is 4.79 Å². The Kier molecular flexibility index (Phi) is 6.51. The molecule has 0 rings (SSSR count). The van der Waals surface area contributed by atoms with E-state index in [0.29, 0.717) is 12.2 Å². The van der Waals surface area contributed by atoms with Crippen LogP contribution in [0, 0.1) is 5.92 Å². The molecule has 0 aromatic carbocycles. The Hall–Kier alpha value is -0.630.